The first-order valence-electron chi connectivity index (χ1n) is 7.41. The van der Waals surface area contributed by atoms with Gasteiger partial charge in [0.15, 0.2) is 5.78 Å². The minimum Gasteiger partial charge on any atom is -0.379 e. The van der Waals surface area contributed by atoms with Gasteiger partial charge >= 0.3 is 0 Å². The lowest BCUT2D eigenvalue weighted by Gasteiger charge is -2.25. The van der Waals surface area contributed by atoms with Gasteiger partial charge in [-0.05, 0) is 24.3 Å². The monoisotopic (exact) mass is 367 g/mol. The van der Waals surface area contributed by atoms with Gasteiger partial charge in [-0.25, -0.2) is 13.4 Å². The highest BCUT2D eigenvalue weighted by atomic mass is 32.2. The fourth-order valence-electron chi connectivity index (χ4n) is 2.26. The molecule has 0 spiro atoms. The summed E-state index contributed by atoms with van der Waals surface area (Å²) in [5.41, 5.74) is 0.550. The molecular weight excluding hydrogens is 350 g/mol. The summed E-state index contributed by atoms with van der Waals surface area (Å²) in [5, 5.41) is 0.607. The predicted molar refractivity (Wildman–Crippen MR) is 89.7 cm³/mol. The Morgan fingerprint density at radius 3 is 2.71 bits per heavy atom. The van der Waals surface area contributed by atoms with Crippen molar-refractivity contribution in [1.29, 1.82) is 0 Å². The SMILES string of the molecule is O=C(CSc1ccc(S(=O)(=O)N2CCOCC2)cn1)c1ccc[nH]1. The van der Waals surface area contributed by atoms with Crippen LogP contribution in [0.1, 0.15) is 10.5 Å². The van der Waals surface area contributed by atoms with E-state index in [-0.39, 0.29) is 16.4 Å². The van der Waals surface area contributed by atoms with E-state index in [9.17, 15) is 13.2 Å². The third-order valence-electron chi connectivity index (χ3n) is 3.57. The zero-order valence-electron chi connectivity index (χ0n) is 12.8. The number of aromatic nitrogens is 2. The Bertz CT molecular complexity index is 783. The molecule has 7 nitrogen and oxygen atoms in total. The molecule has 3 heterocycles. The molecule has 1 fully saturated rings. The largest absolute Gasteiger partial charge is 0.379 e. The van der Waals surface area contributed by atoms with Crippen molar-refractivity contribution in [2.45, 2.75) is 9.92 Å². The Kier molecular flexibility index (Phi) is 5.34. The van der Waals surface area contributed by atoms with Gasteiger partial charge in [0.05, 0.1) is 29.7 Å². The van der Waals surface area contributed by atoms with Crippen molar-refractivity contribution in [2.24, 2.45) is 0 Å². The first-order chi connectivity index (χ1) is 11.6. The Hall–Kier alpha value is -1.68. The fourth-order valence-corrected chi connectivity index (χ4v) is 4.34. The van der Waals surface area contributed by atoms with Crippen molar-refractivity contribution in [3.05, 3.63) is 42.4 Å². The number of morpholine rings is 1. The summed E-state index contributed by atoms with van der Waals surface area (Å²) in [4.78, 5) is 19.1. The maximum absolute atomic E-state index is 12.5. The highest BCUT2D eigenvalue weighted by molar-refractivity contribution is 7.99. The van der Waals surface area contributed by atoms with Crippen LogP contribution in [0.2, 0.25) is 0 Å². The van der Waals surface area contributed by atoms with E-state index >= 15 is 0 Å². The first kappa shape index (κ1) is 17.2. The van der Waals surface area contributed by atoms with Gasteiger partial charge in [-0.15, -0.1) is 0 Å². The Labute approximate surface area is 144 Å². The zero-order chi connectivity index (χ0) is 17.0. The van der Waals surface area contributed by atoms with Gasteiger partial charge in [-0.2, -0.15) is 4.31 Å². The molecule has 2 aromatic rings. The summed E-state index contributed by atoms with van der Waals surface area (Å²) in [7, 11) is -3.54. The Morgan fingerprint density at radius 2 is 2.08 bits per heavy atom. The van der Waals surface area contributed by atoms with Gasteiger partial charge in [0, 0.05) is 25.5 Å². The van der Waals surface area contributed by atoms with Gasteiger partial charge < -0.3 is 9.72 Å². The number of nitrogens with zero attached hydrogens (tertiary/aromatic N) is 2. The molecule has 1 aliphatic rings. The number of carbonyl (C=O) groups is 1. The van der Waals surface area contributed by atoms with Crippen molar-refractivity contribution in [1.82, 2.24) is 14.3 Å². The zero-order valence-corrected chi connectivity index (χ0v) is 14.5. The number of thioether (sulfide) groups is 1. The van der Waals surface area contributed by atoms with Gasteiger partial charge in [-0.1, -0.05) is 11.8 Å². The lowest BCUT2D eigenvalue weighted by atomic mass is 10.3. The third-order valence-corrected chi connectivity index (χ3v) is 6.39. The van der Waals surface area contributed by atoms with Crippen LogP contribution in [0.25, 0.3) is 0 Å². The van der Waals surface area contributed by atoms with Gasteiger partial charge in [0.1, 0.15) is 4.90 Å². The van der Waals surface area contributed by atoms with Crippen LogP contribution >= 0.6 is 11.8 Å². The molecule has 0 aliphatic carbocycles. The number of sulfonamides is 1. The molecule has 1 saturated heterocycles. The maximum Gasteiger partial charge on any atom is 0.244 e. The number of rotatable bonds is 6. The van der Waals surface area contributed by atoms with Crippen molar-refractivity contribution in [3.8, 4) is 0 Å². The van der Waals surface area contributed by atoms with E-state index in [4.69, 9.17) is 4.74 Å². The second-order valence-electron chi connectivity index (χ2n) is 5.14. The molecule has 0 amide bonds. The molecule has 128 valence electrons. The van der Waals surface area contributed by atoms with E-state index in [1.165, 1.54) is 28.3 Å². The first-order valence-corrected chi connectivity index (χ1v) is 9.83. The summed E-state index contributed by atoms with van der Waals surface area (Å²) in [6, 6.07) is 6.63. The molecule has 24 heavy (non-hydrogen) atoms. The van der Waals surface area contributed by atoms with Crippen molar-refractivity contribution >= 4 is 27.6 Å². The second-order valence-corrected chi connectivity index (χ2v) is 8.08. The number of aromatic amines is 1. The van der Waals surface area contributed by atoms with E-state index in [0.717, 1.165) is 0 Å². The van der Waals surface area contributed by atoms with Crippen molar-refractivity contribution in [3.63, 3.8) is 0 Å². The lowest BCUT2D eigenvalue weighted by molar-refractivity contribution is 0.0730. The van der Waals surface area contributed by atoms with E-state index in [1.54, 1.807) is 24.4 Å². The lowest BCUT2D eigenvalue weighted by Crippen LogP contribution is -2.40. The minimum absolute atomic E-state index is 0.0307. The van der Waals surface area contributed by atoms with Gasteiger partial charge in [-0.3, -0.25) is 4.79 Å². The van der Waals surface area contributed by atoms with E-state index in [0.29, 0.717) is 37.0 Å². The molecule has 0 aromatic carbocycles. The average molecular weight is 367 g/mol. The van der Waals surface area contributed by atoms with Crippen LogP contribution in [0.5, 0.6) is 0 Å². The van der Waals surface area contributed by atoms with Crippen LogP contribution in [0.15, 0.2) is 46.6 Å². The smallest absolute Gasteiger partial charge is 0.244 e. The number of carbonyl (C=O) groups excluding carboxylic acids is 1. The van der Waals surface area contributed by atoms with E-state index < -0.39 is 10.0 Å². The molecule has 0 atom stereocenters. The number of pyridine rings is 1. The van der Waals surface area contributed by atoms with Crippen LogP contribution in [0, 0.1) is 0 Å². The quantitative estimate of drug-likeness (QED) is 0.613. The summed E-state index contributed by atoms with van der Waals surface area (Å²) in [6.07, 6.45) is 3.04. The summed E-state index contributed by atoms with van der Waals surface area (Å²) in [5.74, 6) is 0.208. The Morgan fingerprint density at radius 1 is 1.29 bits per heavy atom. The number of ketones is 1. The Balaban J connectivity index is 1.63. The number of nitrogens with one attached hydrogen (secondary N) is 1. The number of ether oxygens (including phenoxy) is 1. The molecule has 9 heteroatoms. The molecule has 2 aromatic heterocycles. The average Bonchev–Trinajstić information content (AvgIpc) is 3.15. The topological polar surface area (TPSA) is 92.4 Å². The highest BCUT2D eigenvalue weighted by Gasteiger charge is 2.26. The van der Waals surface area contributed by atoms with Crippen LogP contribution in [-0.2, 0) is 14.8 Å². The molecule has 3 rings (SSSR count). The van der Waals surface area contributed by atoms with Crippen LogP contribution < -0.4 is 0 Å². The minimum atomic E-state index is -3.54. The number of H-pyrrole nitrogens is 1. The fraction of sp³-hybridized carbons (Fsp3) is 0.333. The van der Waals surface area contributed by atoms with E-state index in [2.05, 4.69) is 9.97 Å². The van der Waals surface area contributed by atoms with E-state index in [1.807, 2.05) is 0 Å². The normalized spacial score (nSPS) is 16.2. The molecule has 0 unspecified atom stereocenters. The molecule has 1 aliphatic heterocycles. The number of hydrogen-bond acceptors (Lipinski definition) is 6. The number of hydrogen-bond donors (Lipinski definition) is 1. The summed E-state index contributed by atoms with van der Waals surface area (Å²) >= 11 is 1.27. The molecule has 0 bridgehead atoms. The third kappa shape index (κ3) is 3.86. The van der Waals surface area contributed by atoms with Gasteiger partial charge in [0.25, 0.3) is 0 Å². The molecule has 1 N–H and O–H groups in total. The molecule has 0 saturated carbocycles. The highest BCUT2D eigenvalue weighted by Crippen LogP contribution is 2.21. The van der Waals surface area contributed by atoms with Crippen molar-refractivity contribution in [2.75, 3.05) is 32.1 Å². The van der Waals surface area contributed by atoms with Crippen LogP contribution in [0.4, 0.5) is 0 Å². The van der Waals surface area contributed by atoms with Crippen LogP contribution in [-0.4, -0.2) is 60.5 Å². The maximum atomic E-state index is 12.5. The number of Topliss-reactive ketones (excluding diaryl/α,β-unsaturated/α-hetero) is 1. The van der Waals surface area contributed by atoms with Crippen LogP contribution in [0.3, 0.4) is 0 Å². The molecule has 0 radical (unpaired) electrons. The molecular formula is C15H17N3O4S2. The second kappa shape index (κ2) is 7.47. The summed E-state index contributed by atoms with van der Waals surface area (Å²) in [6.45, 7) is 1.51. The van der Waals surface area contributed by atoms with Gasteiger partial charge in [0.2, 0.25) is 10.0 Å². The summed E-state index contributed by atoms with van der Waals surface area (Å²) < 4.78 is 31.5. The van der Waals surface area contributed by atoms with Crippen molar-refractivity contribution < 1.29 is 17.9 Å². The standard InChI is InChI=1S/C15H17N3O4S2/c19-14(13-2-1-5-16-13)11-23-15-4-3-12(10-17-15)24(20,21)18-6-8-22-9-7-18/h1-5,10,16H,6-9,11H2. The predicted octanol–water partition coefficient (Wildman–Crippen LogP) is 1.41.